The molecule has 140 valence electrons. The van der Waals surface area contributed by atoms with Gasteiger partial charge in [0.2, 0.25) is 0 Å². The molecule has 2 aromatic carbocycles. The Morgan fingerprint density at radius 1 is 1.04 bits per heavy atom. The number of fused-ring (bicyclic) bond motifs is 1. The molecule has 1 spiro atoms. The lowest BCUT2D eigenvalue weighted by atomic mass is 9.78. The van der Waals surface area contributed by atoms with E-state index in [1.165, 1.54) is 10.5 Å². The molecule has 5 nitrogen and oxygen atoms in total. The molecular formula is C22H24N2O3. The van der Waals surface area contributed by atoms with Crippen molar-refractivity contribution in [2.75, 3.05) is 13.2 Å². The number of hydrogen-bond donors (Lipinski definition) is 1. The second-order valence-corrected chi connectivity index (χ2v) is 7.48. The topological polar surface area (TPSA) is 58.6 Å². The molecule has 0 aromatic heterocycles. The first-order valence-electron chi connectivity index (χ1n) is 9.40. The standard InChI is InChI=1S/C22H24N2O3/c1-15-6-5-7-16(2)19(15)27-13-12-24-20(25)22(23-21(24)26)11-10-17-8-3-4-9-18(17)14-22/h3-9H,10-14H2,1-2H3,(H,23,26). The third-order valence-electron chi connectivity index (χ3n) is 5.65. The minimum Gasteiger partial charge on any atom is -0.491 e. The largest absolute Gasteiger partial charge is 0.491 e. The number of hydrogen-bond acceptors (Lipinski definition) is 3. The highest BCUT2D eigenvalue weighted by Gasteiger charge is 2.52. The molecule has 4 rings (SSSR count). The first-order valence-corrected chi connectivity index (χ1v) is 9.40. The molecule has 1 aliphatic heterocycles. The summed E-state index contributed by atoms with van der Waals surface area (Å²) in [7, 11) is 0. The van der Waals surface area contributed by atoms with Crippen LogP contribution in [0.15, 0.2) is 42.5 Å². The Morgan fingerprint density at radius 3 is 2.48 bits per heavy atom. The van der Waals surface area contributed by atoms with Gasteiger partial charge in [0.1, 0.15) is 17.9 Å². The van der Waals surface area contributed by atoms with Gasteiger partial charge >= 0.3 is 6.03 Å². The van der Waals surface area contributed by atoms with Gasteiger partial charge in [-0.15, -0.1) is 0 Å². The lowest BCUT2D eigenvalue weighted by Crippen LogP contribution is -2.51. The highest BCUT2D eigenvalue weighted by atomic mass is 16.5. The third-order valence-corrected chi connectivity index (χ3v) is 5.65. The van der Waals surface area contributed by atoms with E-state index in [9.17, 15) is 9.59 Å². The molecular weight excluding hydrogens is 340 g/mol. The van der Waals surface area contributed by atoms with E-state index in [2.05, 4.69) is 11.4 Å². The quantitative estimate of drug-likeness (QED) is 0.848. The molecule has 1 heterocycles. The number of carbonyl (C=O) groups is 2. The van der Waals surface area contributed by atoms with E-state index in [-0.39, 0.29) is 25.1 Å². The fraction of sp³-hybridized carbons (Fsp3) is 0.364. The van der Waals surface area contributed by atoms with Crippen LogP contribution in [-0.2, 0) is 17.6 Å². The highest BCUT2D eigenvalue weighted by molar-refractivity contribution is 6.07. The number of para-hydroxylation sites is 1. The van der Waals surface area contributed by atoms with Gasteiger partial charge in [-0.25, -0.2) is 4.79 Å². The molecule has 1 unspecified atom stereocenters. The molecule has 27 heavy (non-hydrogen) atoms. The van der Waals surface area contributed by atoms with Crippen molar-refractivity contribution in [1.29, 1.82) is 0 Å². The summed E-state index contributed by atoms with van der Waals surface area (Å²) in [5, 5.41) is 2.96. The Morgan fingerprint density at radius 2 is 1.74 bits per heavy atom. The molecule has 5 heteroatoms. The molecule has 2 aliphatic rings. The van der Waals surface area contributed by atoms with Crippen molar-refractivity contribution in [2.45, 2.75) is 38.6 Å². The fourth-order valence-corrected chi connectivity index (χ4v) is 4.17. The molecule has 1 saturated heterocycles. The molecule has 0 bridgehead atoms. The molecule has 0 radical (unpaired) electrons. The summed E-state index contributed by atoms with van der Waals surface area (Å²) in [5.74, 6) is 0.693. The van der Waals surface area contributed by atoms with Crippen molar-refractivity contribution in [3.63, 3.8) is 0 Å². The summed E-state index contributed by atoms with van der Waals surface area (Å²) >= 11 is 0. The van der Waals surface area contributed by atoms with E-state index in [1.54, 1.807) is 0 Å². The molecule has 3 amide bonds. The molecule has 1 N–H and O–H groups in total. The van der Waals surface area contributed by atoms with E-state index in [1.807, 2.05) is 50.2 Å². The summed E-state index contributed by atoms with van der Waals surface area (Å²) in [5.41, 5.74) is 3.71. The molecule has 0 saturated carbocycles. The van der Waals surface area contributed by atoms with E-state index in [4.69, 9.17) is 4.74 Å². The maximum absolute atomic E-state index is 13.1. The average molecular weight is 364 g/mol. The number of rotatable bonds is 4. The molecule has 2 aromatic rings. The number of imide groups is 1. The molecule has 1 fully saturated rings. The van der Waals surface area contributed by atoms with Crippen molar-refractivity contribution in [3.05, 3.63) is 64.7 Å². The zero-order chi connectivity index (χ0) is 19.0. The van der Waals surface area contributed by atoms with Crippen LogP contribution in [0.3, 0.4) is 0 Å². The summed E-state index contributed by atoms with van der Waals surface area (Å²) < 4.78 is 5.88. The van der Waals surface area contributed by atoms with E-state index < -0.39 is 5.54 Å². The van der Waals surface area contributed by atoms with Crippen LogP contribution in [0.25, 0.3) is 0 Å². The van der Waals surface area contributed by atoms with E-state index >= 15 is 0 Å². The van der Waals surface area contributed by atoms with Crippen LogP contribution in [0.4, 0.5) is 4.79 Å². The van der Waals surface area contributed by atoms with Gasteiger partial charge < -0.3 is 10.1 Å². The SMILES string of the molecule is Cc1cccc(C)c1OCCN1C(=O)NC2(CCc3ccccc3C2)C1=O. The summed E-state index contributed by atoms with van der Waals surface area (Å²) in [6.45, 7) is 4.52. The monoisotopic (exact) mass is 364 g/mol. The van der Waals surface area contributed by atoms with Crippen molar-refractivity contribution in [2.24, 2.45) is 0 Å². The first kappa shape index (κ1) is 17.6. The van der Waals surface area contributed by atoms with Gasteiger partial charge in [-0.2, -0.15) is 0 Å². The van der Waals surface area contributed by atoms with Gasteiger partial charge in [0.15, 0.2) is 0 Å². The number of urea groups is 1. The van der Waals surface area contributed by atoms with Gasteiger partial charge in [0, 0.05) is 6.42 Å². The van der Waals surface area contributed by atoms with Gasteiger partial charge in [-0.3, -0.25) is 9.69 Å². The van der Waals surface area contributed by atoms with Crippen LogP contribution in [0.2, 0.25) is 0 Å². The van der Waals surface area contributed by atoms with E-state index in [0.29, 0.717) is 12.8 Å². The lowest BCUT2D eigenvalue weighted by Gasteiger charge is -2.32. The second kappa shape index (κ2) is 6.72. The second-order valence-electron chi connectivity index (χ2n) is 7.48. The van der Waals surface area contributed by atoms with Crippen LogP contribution in [0.5, 0.6) is 5.75 Å². The zero-order valence-corrected chi connectivity index (χ0v) is 15.7. The number of amides is 3. The number of nitrogens with one attached hydrogen (secondary N) is 1. The van der Waals surface area contributed by atoms with Gasteiger partial charge in [-0.05, 0) is 48.9 Å². The Balaban J connectivity index is 1.45. The Hall–Kier alpha value is -2.82. The van der Waals surface area contributed by atoms with E-state index in [0.717, 1.165) is 28.9 Å². The van der Waals surface area contributed by atoms with Crippen LogP contribution in [0, 0.1) is 13.8 Å². The minimum atomic E-state index is -0.802. The molecule has 1 atom stereocenters. The predicted octanol–water partition coefficient (Wildman–Crippen LogP) is 3.16. The molecule has 1 aliphatic carbocycles. The Kier molecular flexibility index (Phi) is 4.38. The van der Waals surface area contributed by atoms with Crippen molar-refractivity contribution in [3.8, 4) is 5.75 Å². The predicted molar refractivity (Wildman–Crippen MR) is 103 cm³/mol. The maximum Gasteiger partial charge on any atom is 0.325 e. The van der Waals surface area contributed by atoms with Gasteiger partial charge in [0.05, 0.1) is 6.54 Å². The van der Waals surface area contributed by atoms with Crippen LogP contribution in [-0.4, -0.2) is 35.5 Å². The van der Waals surface area contributed by atoms with Crippen LogP contribution >= 0.6 is 0 Å². The smallest absolute Gasteiger partial charge is 0.325 e. The zero-order valence-electron chi connectivity index (χ0n) is 15.7. The minimum absolute atomic E-state index is 0.132. The van der Waals surface area contributed by atoms with Crippen molar-refractivity contribution >= 4 is 11.9 Å². The Bertz CT molecular complexity index is 888. The van der Waals surface area contributed by atoms with Crippen LogP contribution < -0.4 is 10.1 Å². The normalized spacial score (nSPS) is 21.3. The highest BCUT2D eigenvalue weighted by Crippen LogP contribution is 2.33. The summed E-state index contributed by atoms with van der Waals surface area (Å²) in [6, 6.07) is 13.8. The van der Waals surface area contributed by atoms with Crippen molar-refractivity contribution < 1.29 is 14.3 Å². The number of ether oxygens (including phenoxy) is 1. The van der Waals surface area contributed by atoms with Crippen molar-refractivity contribution in [1.82, 2.24) is 10.2 Å². The Labute approximate surface area is 159 Å². The third kappa shape index (κ3) is 3.07. The fourth-order valence-electron chi connectivity index (χ4n) is 4.17. The maximum atomic E-state index is 13.1. The number of carbonyl (C=O) groups excluding carboxylic acids is 2. The first-order chi connectivity index (χ1) is 13.0. The number of benzene rings is 2. The lowest BCUT2D eigenvalue weighted by molar-refractivity contribution is -0.132. The van der Waals surface area contributed by atoms with Crippen LogP contribution in [0.1, 0.15) is 28.7 Å². The number of nitrogens with zero attached hydrogens (tertiary/aromatic N) is 1. The van der Waals surface area contributed by atoms with Gasteiger partial charge in [-0.1, -0.05) is 42.5 Å². The summed E-state index contributed by atoms with van der Waals surface area (Å²) in [6.07, 6.45) is 2.00. The summed E-state index contributed by atoms with van der Waals surface area (Å²) in [4.78, 5) is 26.9. The van der Waals surface area contributed by atoms with Gasteiger partial charge in [0.25, 0.3) is 5.91 Å². The average Bonchev–Trinajstić information content (AvgIpc) is 2.87. The number of aryl methyl sites for hydroxylation is 3.